The van der Waals surface area contributed by atoms with E-state index in [0.29, 0.717) is 27.9 Å². The van der Waals surface area contributed by atoms with Gasteiger partial charge in [0.1, 0.15) is 0 Å². The van der Waals surface area contributed by atoms with Crippen LogP contribution in [0.25, 0.3) is 0 Å². The minimum absolute atomic E-state index is 0.285. The van der Waals surface area contributed by atoms with E-state index in [-0.39, 0.29) is 6.04 Å². The summed E-state index contributed by atoms with van der Waals surface area (Å²) in [6, 6.07) is 6.71. The Morgan fingerprint density at radius 2 is 1.45 bits per heavy atom. The van der Waals surface area contributed by atoms with Gasteiger partial charge in [-0.25, -0.2) is 0 Å². The van der Waals surface area contributed by atoms with Crippen molar-refractivity contribution in [3.63, 3.8) is 0 Å². The van der Waals surface area contributed by atoms with Crippen LogP contribution in [-0.4, -0.2) is 6.04 Å². The number of benzene rings is 1. The second-order valence-electron chi connectivity index (χ2n) is 6.52. The quantitative estimate of drug-likeness (QED) is 0.640. The zero-order valence-electron chi connectivity index (χ0n) is 13.2. The summed E-state index contributed by atoms with van der Waals surface area (Å²) in [6.07, 6.45) is 2.40. The van der Waals surface area contributed by atoms with Crippen LogP contribution < -0.4 is 5.32 Å². The highest BCUT2D eigenvalue weighted by atomic mass is 35.5. The summed E-state index contributed by atoms with van der Waals surface area (Å²) in [5.41, 5.74) is 1.19. The maximum atomic E-state index is 6.10. The first-order valence-electron chi connectivity index (χ1n) is 7.50. The number of hydrogen-bond acceptors (Lipinski definition) is 1. The number of halogens is 2. The molecule has 0 fully saturated rings. The fourth-order valence-corrected chi connectivity index (χ4v) is 2.91. The molecule has 1 aromatic rings. The molecule has 0 heterocycles. The van der Waals surface area contributed by atoms with Crippen molar-refractivity contribution in [1.29, 1.82) is 0 Å². The molecule has 0 radical (unpaired) electrons. The molecule has 0 aliphatic heterocycles. The van der Waals surface area contributed by atoms with Crippen molar-refractivity contribution < 1.29 is 0 Å². The number of nitrogens with one attached hydrogen (secondary N) is 1. The molecule has 0 aliphatic rings. The lowest BCUT2D eigenvalue weighted by Crippen LogP contribution is -2.34. The minimum Gasteiger partial charge on any atom is -0.307 e. The normalized spacial score (nSPS) is 13.5. The van der Waals surface area contributed by atoms with Crippen molar-refractivity contribution in [3.8, 4) is 0 Å². The van der Waals surface area contributed by atoms with Crippen molar-refractivity contribution in [2.75, 3.05) is 0 Å². The Labute approximate surface area is 134 Å². The summed E-state index contributed by atoms with van der Waals surface area (Å²) >= 11 is 12.1. The second kappa shape index (κ2) is 8.26. The molecule has 0 aliphatic carbocycles. The van der Waals surface area contributed by atoms with Crippen LogP contribution >= 0.6 is 23.2 Å². The van der Waals surface area contributed by atoms with Gasteiger partial charge in [-0.05, 0) is 49.3 Å². The first-order valence-corrected chi connectivity index (χ1v) is 8.26. The number of rotatable bonds is 7. The van der Waals surface area contributed by atoms with Gasteiger partial charge >= 0.3 is 0 Å². The Morgan fingerprint density at radius 3 is 1.90 bits per heavy atom. The Hall–Kier alpha value is -0.240. The molecule has 20 heavy (non-hydrogen) atoms. The van der Waals surface area contributed by atoms with Gasteiger partial charge < -0.3 is 5.32 Å². The monoisotopic (exact) mass is 315 g/mol. The second-order valence-corrected chi connectivity index (χ2v) is 7.33. The van der Waals surface area contributed by atoms with E-state index in [1.165, 1.54) is 18.4 Å². The Kier molecular flexibility index (Phi) is 7.36. The van der Waals surface area contributed by atoms with E-state index in [4.69, 9.17) is 23.2 Å². The van der Waals surface area contributed by atoms with Gasteiger partial charge in [-0.2, -0.15) is 0 Å². The lowest BCUT2D eigenvalue weighted by atomic mass is 9.94. The molecule has 0 bridgehead atoms. The fraction of sp³-hybridized carbons (Fsp3) is 0.647. The van der Waals surface area contributed by atoms with Crippen molar-refractivity contribution in [2.45, 2.75) is 59.5 Å². The standard InChI is InChI=1S/C17H27Cl2N/c1-11(2)8-15(9-12(3)4)20-13(5)14-6-7-16(18)17(19)10-14/h6-7,10-13,15,20H,8-9H2,1-5H3. The van der Waals surface area contributed by atoms with Gasteiger partial charge in [-0.1, -0.05) is 57.0 Å². The van der Waals surface area contributed by atoms with E-state index >= 15 is 0 Å². The van der Waals surface area contributed by atoms with Crippen LogP contribution in [0.5, 0.6) is 0 Å². The van der Waals surface area contributed by atoms with Crippen LogP contribution in [0.4, 0.5) is 0 Å². The van der Waals surface area contributed by atoms with Crippen molar-refractivity contribution >= 4 is 23.2 Å². The van der Waals surface area contributed by atoms with Crippen LogP contribution in [0, 0.1) is 11.8 Å². The van der Waals surface area contributed by atoms with Gasteiger partial charge in [-0.3, -0.25) is 0 Å². The third-order valence-corrected chi connectivity index (χ3v) is 4.18. The predicted molar refractivity (Wildman–Crippen MR) is 90.7 cm³/mol. The highest BCUT2D eigenvalue weighted by molar-refractivity contribution is 6.42. The molecule has 0 amide bonds. The molecule has 0 spiro atoms. The first-order chi connectivity index (χ1) is 9.29. The van der Waals surface area contributed by atoms with Gasteiger partial charge in [0.15, 0.2) is 0 Å². The molecule has 1 unspecified atom stereocenters. The van der Waals surface area contributed by atoms with E-state index < -0.39 is 0 Å². The van der Waals surface area contributed by atoms with Gasteiger partial charge in [0.05, 0.1) is 10.0 Å². The lowest BCUT2D eigenvalue weighted by molar-refractivity contribution is 0.335. The minimum atomic E-state index is 0.285. The molecular weight excluding hydrogens is 289 g/mol. The van der Waals surface area contributed by atoms with Crippen LogP contribution in [0.2, 0.25) is 10.0 Å². The summed E-state index contributed by atoms with van der Waals surface area (Å²) in [5.74, 6) is 1.40. The van der Waals surface area contributed by atoms with Crippen LogP contribution in [-0.2, 0) is 0 Å². The van der Waals surface area contributed by atoms with Gasteiger partial charge in [0.25, 0.3) is 0 Å². The van der Waals surface area contributed by atoms with Gasteiger partial charge in [-0.15, -0.1) is 0 Å². The smallest absolute Gasteiger partial charge is 0.0595 e. The highest BCUT2D eigenvalue weighted by Crippen LogP contribution is 2.26. The molecule has 1 rings (SSSR count). The van der Waals surface area contributed by atoms with Crippen LogP contribution in [0.1, 0.15) is 59.1 Å². The lowest BCUT2D eigenvalue weighted by Gasteiger charge is -2.26. The zero-order chi connectivity index (χ0) is 15.3. The first kappa shape index (κ1) is 17.8. The van der Waals surface area contributed by atoms with Crippen LogP contribution in [0.15, 0.2) is 18.2 Å². The third kappa shape index (κ3) is 6.03. The maximum Gasteiger partial charge on any atom is 0.0595 e. The molecule has 0 aromatic heterocycles. The average Bonchev–Trinajstić information content (AvgIpc) is 2.30. The fourth-order valence-electron chi connectivity index (χ4n) is 2.60. The molecule has 0 saturated heterocycles. The summed E-state index contributed by atoms with van der Waals surface area (Å²) in [6.45, 7) is 11.3. The number of hydrogen-bond donors (Lipinski definition) is 1. The van der Waals surface area contributed by atoms with E-state index in [1.807, 2.05) is 18.2 Å². The summed E-state index contributed by atoms with van der Waals surface area (Å²) in [5, 5.41) is 4.98. The van der Waals surface area contributed by atoms with Crippen LogP contribution in [0.3, 0.4) is 0 Å². The topological polar surface area (TPSA) is 12.0 Å². The predicted octanol–water partition coefficient (Wildman–Crippen LogP) is 6.10. The van der Waals surface area contributed by atoms with Crippen molar-refractivity contribution in [3.05, 3.63) is 33.8 Å². The Balaban J connectivity index is 2.73. The third-order valence-electron chi connectivity index (χ3n) is 3.44. The summed E-state index contributed by atoms with van der Waals surface area (Å²) in [4.78, 5) is 0. The molecular formula is C17H27Cl2N. The van der Waals surface area contributed by atoms with Gasteiger partial charge in [0, 0.05) is 12.1 Å². The Bertz CT molecular complexity index is 405. The molecule has 1 nitrogen and oxygen atoms in total. The summed E-state index contributed by atoms with van der Waals surface area (Å²) < 4.78 is 0. The van der Waals surface area contributed by atoms with Crippen molar-refractivity contribution in [1.82, 2.24) is 5.32 Å². The SMILES string of the molecule is CC(C)CC(CC(C)C)NC(C)c1ccc(Cl)c(Cl)c1. The largest absolute Gasteiger partial charge is 0.307 e. The van der Waals surface area contributed by atoms with E-state index in [0.717, 1.165) is 0 Å². The average molecular weight is 316 g/mol. The van der Waals surface area contributed by atoms with Crippen molar-refractivity contribution in [2.24, 2.45) is 11.8 Å². The molecule has 3 heteroatoms. The molecule has 114 valence electrons. The summed E-state index contributed by atoms with van der Waals surface area (Å²) in [7, 11) is 0. The maximum absolute atomic E-state index is 6.10. The molecule has 0 saturated carbocycles. The highest BCUT2D eigenvalue weighted by Gasteiger charge is 2.16. The molecule has 1 atom stereocenters. The van der Waals surface area contributed by atoms with E-state index in [2.05, 4.69) is 39.9 Å². The zero-order valence-corrected chi connectivity index (χ0v) is 14.7. The molecule has 1 N–H and O–H groups in total. The Morgan fingerprint density at radius 1 is 0.900 bits per heavy atom. The molecule has 1 aromatic carbocycles. The van der Waals surface area contributed by atoms with E-state index in [9.17, 15) is 0 Å². The van der Waals surface area contributed by atoms with E-state index in [1.54, 1.807) is 0 Å². The van der Waals surface area contributed by atoms with Gasteiger partial charge in [0.2, 0.25) is 0 Å².